The minimum absolute atomic E-state index is 0.134. The van der Waals surface area contributed by atoms with Crippen molar-refractivity contribution in [1.29, 1.82) is 0 Å². The van der Waals surface area contributed by atoms with Crippen molar-refractivity contribution in [2.24, 2.45) is 0 Å². The Bertz CT molecular complexity index is 920. The Morgan fingerprint density at radius 3 is 2.30 bits per heavy atom. The van der Waals surface area contributed by atoms with E-state index in [0.29, 0.717) is 11.4 Å². The SMILES string of the molecule is Cc1ccc(OCC(=O)Nc2ccc(S(=O)(=O)NC(C)(C)C)cc2)c(Br)c1. The number of ether oxygens (including phenoxy) is 1. The van der Waals surface area contributed by atoms with Gasteiger partial charge in [0.15, 0.2) is 6.61 Å². The summed E-state index contributed by atoms with van der Waals surface area (Å²) in [5, 5.41) is 2.68. The number of anilines is 1. The van der Waals surface area contributed by atoms with E-state index in [9.17, 15) is 13.2 Å². The molecule has 2 rings (SSSR count). The second-order valence-corrected chi connectivity index (χ2v) is 9.69. The summed E-state index contributed by atoms with van der Waals surface area (Å²) in [4.78, 5) is 12.2. The van der Waals surface area contributed by atoms with Crippen LogP contribution in [0.15, 0.2) is 51.8 Å². The largest absolute Gasteiger partial charge is 0.483 e. The molecule has 2 aromatic rings. The van der Waals surface area contributed by atoms with Crippen LogP contribution in [0.2, 0.25) is 0 Å². The van der Waals surface area contributed by atoms with Crippen LogP contribution < -0.4 is 14.8 Å². The predicted octanol–water partition coefficient (Wildman–Crippen LogP) is 3.85. The number of halogens is 1. The molecule has 0 atom stereocenters. The molecule has 146 valence electrons. The van der Waals surface area contributed by atoms with Crippen LogP contribution >= 0.6 is 15.9 Å². The van der Waals surface area contributed by atoms with Crippen LogP contribution in [-0.2, 0) is 14.8 Å². The van der Waals surface area contributed by atoms with Crippen LogP contribution in [0.4, 0.5) is 5.69 Å². The van der Waals surface area contributed by atoms with Gasteiger partial charge >= 0.3 is 0 Å². The van der Waals surface area contributed by atoms with Crippen LogP contribution in [0.5, 0.6) is 5.75 Å². The number of nitrogens with one attached hydrogen (secondary N) is 2. The Labute approximate surface area is 168 Å². The van der Waals surface area contributed by atoms with Gasteiger partial charge in [-0.1, -0.05) is 6.07 Å². The number of carbonyl (C=O) groups is 1. The van der Waals surface area contributed by atoms with Gasteiger partial charge in [0.05, 0.1) is 9.37 Å². The number of hydrogen-bond acceptors (Lipinski definition) is 4. The van der Waals surface area contributed by atoms with E-state index in [-0.39, 0.29) is 17.4 Å². The fourth-order valence-corrected chi connectivity index (χ4v) is 4.27. The third-order valence-electron chi connectivity index (χ3n) is 3.34. The van der Waals surface area contributed by atoms with Gasteiger partial charge in [-0.05, 0) is 85.6 Å². The highest BCUT2D eigenvalue weighted by Crippen LogP contribution is 2.25. The standard InChI is InChI=1S/C19H23BrN2O4S/c1-13-5-10-17(16(20)11-13)26-12-18(23)21-14-6-8-15(9-7-14)27(24,25)22-19(2,3)4/h5-11,22H,12H2,1-4H3,(H,21,23). The zero-order chi connectivity index (χ0) is 20.2. The zero-order valence-corrected chi connectivity index (χ0v) is 18.1. The summed E-state index contributed by atoms with van der Waals surface area (Å²) in [6, 6.07) is 11.5. The molecule has 2 N–H and O–H groups in total. The van der Waals surface area contributed by atoms with Gasteiger partial charge in [-0.15, -0.1) is 0 Å². The predicted molar refractivity (Wildman–Crippen MR) is 110 cm³/mol. The van der Waals surface area contributed by atoms with Crippen LogP contribution in [0.25, 0.3) is 0 Å². The van der Waals surface area contributed by atoms with Crippen molar-refractivity contribution in [2.75, 3.05) is 11.9 Å². The fourth-order valence-electron chi connectivity index (χ4n) is 2.24. The average molecular weight is 455 g/mol. The maximum Gasteiger partial charge on any atom is 0.262 e. The number of carbonyl (C=O) groups excluding carboxylic acids is 1. The van der Waals surface area contributed by atoms with E-state index in [1.54, 1.807) is 26.8 Å². The summed E-state index contributed by atoms with van der Waals surface area (Å²) in [7, 11) is -3.61. The fraction of sp³-hybridized carbons (Fsp3) is 0.316. The van der Waals surface area contributed by atoms with E-state index in [1.807, 2.05) is 19.1 Å². The van der Waals surface area contributed by atoms with Crippen LogP contribution in [0.1, 0.15) is 26.3 Å². The molecule has 0 saturated carbocycles. The van der Waals surface area contributed by atoms with Crippen LogP contribution in [0, 0.1) is 6.92 Å². The quantitative estimate of drug-likeness (QED) is 0.693. The van der Waals surface area contributed by atoms with Gasteiger partial charge in [-0.2, -0.15) is 0 Å². The highest BCUT2D eigenvalue weighted by atomic mass is 79.9. The third-order valence-corrected chi connectivity index (χ3v) is 5.73. The first-order valence-corrected chi connectivity index (χ1v) is 10.6. The van der Waals surface area contributed by atoms with Crippen LogP contribution in [0.3, 0.4) is 0 Å². The second-order valence-electron chi connectivity index (χ2n) is 7.15. The normalized spacial score (nSPS) is 11.9. The summed E-state index contributed by atoms with van der Waals surface area (Å²) in [5.74, 6) is 0.233. The Balaban J connectivity index is 1.96. The molecule has 0 bridgehead atoms. The number of sulfonamides is 1. The van der Waals surface area contributed by atoms with Crippen molar-refractivity contribution in [3.05, 3.63) is 52.5 Å². The van der Waals surface area contributed by atoms with Crippen molar-refractivity contribution in [1.82, 2.24) is 4.72 Å². The monoisotopic (exact) mass is 454 g/mol. The van der Waals surface area contributed by atoms with Gasteiger partial charge in [-0.3, -0.25) is 4.79 Å². The maximum absolute atomic E-state index is 12.3. The van der Waals surface area contributed by atoms with Gasteiger partial charge in [0.2, 0.25) is 10.0 Å². The molecule has 6 nitrogen and oxygen atoms in total. The molecule has 0 heterocycles. The first-order valence-electron chi connectivity index (χ1n) is 8.29. The Morgan fingerprint density at radius 2 is 1.74 bits per heavy atom. The number of aryl methyl sites for hydroxylation is 1. The summed E-state index contributed by atoms with van der Waals surface area (Å²) in [6.07, 6.45) is 0. The Hall–Kier alpha value is -1.90. The summed E-state index contributed by atoms with van der Waals surface area (Å²) >= 11 is 3.39. The number of hydrogen-bond donors (Lipinski definition) is 2. The smallest absolute Gasteiger partial charge is 0.262 e. The lowest BCUT2D eigenvalue weighted by Crippen LogP contribution is -2.40. The summed E-state index contributed by atoms with van der Waals surface area (Å²) in [6.45, 7) is 7.11. The minimum atomic E-state index is -3.61. The highest BCUT2D eigenvalue weighted by molar-refractivity contribution is 9.10. The van der Waals surface area contributed by atoms with Crippen molar-refractivity contribution in [3.63, 3.8) is 0 Å². The molecule has 0 aliphatic heterocycles. The lowest BCUT2D eigenvalue weighted by atomic mass is 10.1. The lowest BCUT2D eigenvalue weighted by molar-refractivity contribution is -0.118. The molecular formula is C19H23BrN2O4S. The van der Waals surface area contributed by atoms with Crippen LogP contribution in [-0.4, -0.2) is 26.5 Å². The van der Waals surface area contributed by atoms with Crippen molar-refractivity contribution in [3.8, 4) is 5.75 Å². The number of amides is 1. The maximum atomic E-state index is 12.3. The lowest BCUT2D eigenvalue weighted by Gasteiger charge is -2.20. The Morgan fingerprint density at radius 1 is 1.11 bits per heavy atom. The molecule has 0 spiro atoms. The van der Waals surface area contributed by atoms with E-state index in [4.69, 9.17) is 4.74 Å². The van der Waals surface area contributed by atoms with E-state index in [0.717, 1.165) is 10.0 Å². The molecule has 0 unspecified atom stereocenters. The molecule has 8 heteroatoms. The molecule has 1 amide bonds. The van der Waals surface area contributed by atoms with Gasteiger partial charge in [0, 0.05) is 11.2 Å². The number of benzene rings is 2. The highest BCUT2D eigenvalue weighted by Gasteiger charge is 2.21. The molecule has 27 heavy (non-hydrogen) atoms. The van der Waals surface area contributed by atoms with Crippen molar-refractivity contribution < 1.29 is 17.9 Å². The van der Waals surface area contributed by atoms with Crippen molar-refractivity contribution in [2.45, 2.75) is 38.1 Å². The molecule has 2 aromatic carbocycles. The van der Waals surface area contributed by atoms with Crippen molar-refractivity contribution >= 4 is 37.5 Å². The first kappa shape index (κ1) is 21.4. The van der Waals surface area contributed by atoms with Gasteiger partial charge in [-0.25, -0.2) is 13.1 Å². The molecular weight excluding hydrogens is 432 g/mol. The molecule has 0 aliphatic carbocycles. The molecule has 0 saturated heterocycles. The van der Waals surface area contributed by atoms with E-state index >= 15 is 0 Å². The summed E-state index contributed by atoms with van der Waals surface area (Å²) < 4.78 is 33.4. The Kier molecular flexibility index (Phi) is 6.67. The van der Waals surface area contributed by atoms with Gasteiger partial charge in [0.25, 0.3) is 5.91 Å². The molecule has 0 radical (unpaired) electrons. The van der Waals surface area contributed by atoms with Gasteiger partial charge < -0.3 is 10.1 Å². The van der Waals surface area contributed by atoms with E-state index in [1.165, 1.54) is 24.3 Å². The molecule has 0 fully saturated rings. The second kappa shape index (κ2) is 8.41. The third kappa shape index (κ3) is 6.64. The summed E-state index contributed by atoms with van der Waals surface area (Å²) in [5.41, 5.74) is 0.990. The zero-order valence-electron chi connectivity index (χ0n) is 15.7. The minimum Gasteiger partial charge on any atom is -0.483 e. The molecule has 0 aliphatic rings. The molecule has 0 aromatic heterocycles. The van der Waals surface area contributed by atoms with E-state index < -0.39 is 15.6 Å². The average Bonchev–Trinajstić information content (AvgIpc) is 2.52. The number of rotatable bonds is 6. The topological polar surface area (TPSA) is 84.5 Å². The van der Waals surface area contributed by atoms with E-state index in [2.05, 4.69) is 26.0 Å². The van der Waals surface area contributed by atoms with Gasteiger partial charge in [0.1, 0.15) is 5.75 Å². The first-order chi connectivity index (χ1) is 12.5.